The fraction of sp³-hybridized carbons (Fsp3) is 0.600. The minimum Gasteiger partial charge on any atom is -0.459 e. The normalized spacial score (nSPS) is 11.7. The molecule has 1 rings (SSSR count). The Hall–Kier alpha value is -0.670. The van der Waals surface area contributed by atoms with Crippen molar-refractivity contribution in [1.82, 2.24) is 15.2 Å². The Morgan fingerprint density at radius 3 is 2.42 bits per heavy atom. The number of carbonyl (C=O) groups is 1. The van der Waals surface area contributed by atoms with Crippen molar-refractivity contribution in [2.45, 2.75) is 39.8 Å². The number of hydrogen-bond donors (Lipinski definition) is 2. The first-order chi connectivity index (χ1) is 10.6. The van der Waals surface area contributed by atoms with Crippen molar-refractivity contribution < 1.29 is 9.53 Å². The molecule has 0 amide bonds. The summed E-state index contributed by atoms with van der Waals surface area (Å²) in [7, 11) is 1.82. The molecule has 0 atom stereocenters. The molecule has 0 aliphatic rings. The average Bonchev–Trinajstić information content (AvgIpc) is 2.67. The van der Waals surface area contributed by atoms with Crippen molar-refractivity contribution in [3.8, 4) is 0 Å². The zero-order valence-corrected chi connectivity index (χ0v) is 18.4. The van der Waals surface area contributed by atoms with Gasteiger partial charge in [0.25, 0.3) is 0 Å². The van der Waals surface area contributed by atoms with Crippen LogP contribution in [0.3, 0.4) is 0 Å². The maximum absolute atomic E-state index is 11.7. The number of carbonyl (C=O) groups excluding carboxylic acids is 1. The Morgan fingerprint density at radius 1 is 1.33 bits per heavy atom. The summed E-state index contributed by atoms with van der Waals surface area (Å²) in [6, 6.07) is 1.77. The summed E-state index contributed by atoms with van der Waals surface area (Å²) in [6.07, 6.45) is 0. The Kier molecular flexibility index (Phi) is 10.1. The second-order valence-corrected chi connectivity index (χ2v) is 6.73. The number of esters is 1. The van der Waals surface area contributed by atoms with E-state index in [2.05, 4.69) is 15.6 Å². The third-order valence-corrected chi connectivity index (χ3v) is 3.62. The summed E-state index contributed by atoms with van der Waals surface area (Å²) in [6.45, 7) is 8.52. The minimum absolute atomic E-state index is 0. The van der Waals surface area contributed by atoms with E-state index in [0.717, 1.165) is 5.69 Å². The van der Waals surface area contributed by atoms with Gasteiger partial charge in [-0.2, -0.15) is 0 Å². The van der Waals surface area contributed by atoms with Crippen molar-refractivity contribution in [2.24, 2.45) is 12.0 Å². The summed E-state index contributed by atoms with van der Waals surface area (Å²) in [4.78, 5) is 16.2. The van der Waals surface area contributed by atoms with E-state index in [0.29, 0.717) is 29.2 Å². The molecule has 138 valence electrons. The number of aromatic nitrogens is 1. The van der Waals surface area contributed by atoms with Crippen molar-refractivity contribution >= 4 is 59.1 Å². The Morgan fingerprint density at radius 2 is 1.96 bits per heavy atom. The van der Waals surface area contributed by atoms with E-state index >= 15 is 0 Å². The topological polar surface area (TPSA) is 67.7 Å². The lowest BCUT2D eigenvalue weighted by Gasteiger charge is -2.20. The number of ether oxygens (including phenoxy) is 1. The van der Waals surface area contributed by atoms with Gasteiger partial charge in [0.05, 0.1) is 11.6 Å². The van der Waals surface area contributed by atoms with Gasteiger partial charge in [-0.25, -0.2) is 4.99 Å². The zero-order chi connectivity index (χ0) is 17.6. The van der Waals surface area contributed by atoms with Gasteiger partial charge in [-0.05, 0) is 33.8 Å². The number of guanidine groups is 1. The van der Waals surface area contributed by atoms with Crippen LogP contribution in [-0.4, -0.2) is 35.2 Å². The van der Waals surface area contributed by atoms with E-state index in [1.165, 1.54) is 0 Å². The van der Waals surface area contributed by atoms with Crippen molar-refractivity contribution in [3.63, 3.8) is 0 Å². The maximum Gasteiger partial charge on any atom is 0.325 e. The van der Waals surface area contributed by atoms with Gasteiger partial charge in [-0.15, -0.1) is 24.0 Å². The third kappa shape index (κ3) is 7.94. The molecule has 0 fully saturated rings. The van der Waals surface area contributed by atoms with E-state index in [9.17, 15) is 4.79 Å². The average molecular weight is 491 g/mol. The fourth-order valence-electron chi connectivity index (χ4n) is 1.78. The quantitative estimate of drug-likeness (QED) is 0.287. The molecule has 1 aromatic rings. The summed E-state index contributed by atoms with van der Waals surface area (Å²) in [5.41, 5.74) is 0.361. The lowest BCUT2D eigenvalue weighted by atomic mass is 10.2. The van der Waals surface area contributed by atoms with Gasteiger partial charge in [0.2, 0.25) is 0 Å². The van der Waals surface area contributed by atoms with Crippen LogP contribution in [-0.2, 0) is 23.1 Å². The Labute approximate surface area is 170 Å². The van der Waals surface area contributed by atoms with Crippen LogP contribution in [0, 0.1) is 0 Å². The molecule has 0 aliphatic heterocycles. The molecule has 9 heteroatoms. The van der Waals surface area contributed by atoms with Crippen LogP contribution in [0.2, 0.25) is 10.2 Å². The largest absolute Gasteiger partial charge is 0.459 e. The van der Waals surface area contributed by atoms with E-state index in [1.807, 2.05) is 34.7 Å². The first-order valence-corrected chi connectivity index (χ1v) is 8.13. The first-order valence-electron chi connectivity index (χ1n) is 7.37. The number of rotatable bonds is 5. The van der Waals surface area contributed by atoms with E-state index < -0.39 is 5.60 Å². The molecule has 6 nitrogen and oxygen atoms in total. The monoisotopic (exact) mass is 490 g/mol. The maximum atomic E-state index is 11.7. The highest BCUT2D eigenvalue weighted by Crippen LogP contribution is 2.25. The van der Waals surface area contributed by atoms with Crippen molar-refractivity contribution in [2.75, 3.05) is 13.1 Å². The number of hydrogen-bond acceptors (Lipinski definition) is 3. The molecule has 0 saturated heterocycles. The molecule has 0 bridgehead atoms. The lowest BCUT2D eigenvalue weighted by Crippen LogP contribution is -2.41. The van der Waals surface area contributed by atoms with Crippen LogP contribution in [0.25, 0.3) is 0 Å². The van der Waals surface area contributed by atoms with Crippen LogP contribution in [0.5, 0.6) is 0 Å². The smallest absolute Gasteiger partial charge is 0.325 e. The van der Waals surface area contributed by atoms with Gasteiger partial charge >= 0.3 is 5.97 Å². The van der Waals surface area contributed by atoms with Gasteiger partial charge in [0.1, 0.15) is 17.3 Å². The highest BCUT2D eigenvalue weighted by atomic mass is 127. The standard InChI is InChI=1S/C15H24Cl2N4O2.HI/c1-6-18-14(20-9-12(22)23-15(2,3)4)19-8-10-7-11(16)13(17)21(10)5;/h7H,6,8-9H2,1-5H3,(H2,18,19,20);1H. The van der Waals surface area contributed by atoms with Gasteiger partial charge in [0.15, 0.2) is 5.96 Å². The van der Waals surface area contributed by atoms with Gasteiger partial charge in [-0.3, -0.25) is 4.79 Å². The van der Waals surface area contributed by atoms with Crippen LogP contribution in [0.4, 0.5) is 0 Å². The number of aliphatic imine (C=N–C) groups is 1. The highest BCUT2D eigenvalue weighted by Gasteiger charge is 2.16. The molecule has 0 aromatic carbocycles. The van der Waals surface area contributed by atoms with Crippen LogP contribution < -0.4 is 10.6 Å². The van der Waals surface area contributed by atoms with E-state index in [1.54, 1.807) is 10.6 Å². The molecule has 24 heavy (non-hydrogen) atoms. The second-order valence-electron chi connectivity index (χ2n) is 5.97. The van der Waals surface area contributed by atoms with Gasteiger partial charge in [0, 0.05) is 19.3 Å². The molecular weight excluding hydrogens is 466 g/mol. The molecule has 0 unspecified atom stereocenters. The molecule has 1 heterocycles. The molecule has 0 aliphatic carbocycles. The third-order valence-electron chi connectivity index (χ3n) is 2.78. The van der Waals surface area contributed by atoms with Gasteiger partial charge < -0.3 is 19.9 Å². The number of nitrogens with one attached hydrogen (secondary N) is 2. The Balaban J connectivity index is 0.00000529. The molecule has 0 saturated carbocycles. The van der Waals surface area contributed by atoms with Crippen LogP contribution >= 0.6 is 47.2 Å². The van der Waals surface area contributed by atoms with Crippen molar-refractivity contribution in [1.29, 1.82) is 0 Å². The van der Waals surface area contributed by atoms with Crippen LogP contribution in [0.15, 0.2) is 11.1 Å². The predicted molar refractivity (Wildman–Crippen MR) is 110 cm³/mol. The minimum atomic E-state index is -0.509. The second kappa shape index (κ2) is 10.4. The molecular formula is C15H25Cl2IN4O2. The summed E-state index contributed by atoms with van der Waals surface area (Å²) in [5.74, 6) is 0.180. The summed E-state index contributed by atoms with van der Waals surface area (Å²) < 4.78 is 7.01. The molecule has 0 radical (unpaired) electrons. The lowest BCUT2D eigenvalue weighted by molar-refractivity contribution is -0.153. The Bertz CT molecular complexity index is 583. The molecule has 1 aromatic heterocycles. The van der Waals surface area contributed by atoms with E-state index in [4.69, 9.17) is 27.9 Å². The van der Waals surface area contributed by atoms with E-state index in [-0.39, 0.29) is 36.5 Å². The molecule has 2 N–H and O–H groups in total. The molecule has 0 spiro atoms. The SMILES string of the molecule is CCNC(=NCc1cc(Cl)c(Cl)n1C)NCC(=O)OC(C)(C)C.I. The summed E-state index contributed by atoms with van der Waals surface area (Å²) in [5, 5.41) is 6.98. The first kappa shape index (κ1) is 23.3. The van der Waals surface area contributed by atoms with Crippen LogP contribution in [0.1, 0.15) is 33.4 Å². The number of halogens is 3. The number of nitrogens with zero attached hydrogens (tertiary/aromatic N) is 2. The van der Waals surface area contributed by atoms with Crippen molar-refractivity contribution in [3.05, 3.63) is 21.9 Å². The fourth-order valence-corrected chi connectivity index (χ4v) is 2.19. The summed E-state index contributed by atoms with van der Waals surface area (Å²) >= 11 is 12.0. The predicted octanol–water partition coefficient (Wildman–Crippen LogP) is 3.35. The zero-order valence-electron chi connectivity index (χ0n) is 14.6. The van der Waals surface area contributed by atoms with Gasteiger partial charge in [-0.1, -0.05) is 23.2 Å². The highest BCUT2D eigenvalue weighted by molar-refractivity contribution is 14.0.